The molecule has 0 N–H and O–H groups in total. The van der Waals surface area contributed by atoms with Crippen LogP contribution in [0, 0.1) is 11.3 Å². The van der Waals surface area contributed by atoms with Crippen LogP contribution in [0.3, 0.4) is 0 Å². The quantitative estimate of drug-likeness (QED) is 0.763. The highest BCUT2D eigenvalue weighted by Crippen LogP contribution is 2.27. The molecule has 0 fully saturated rings. The van der Waals surface area contributed by atoms with E-state index in [4.69, 9.17) is 10.00 Å². The standard InChI is InChI=1S/C11H17N3OS/c1-4-14(5-2)11-13-9(8-15-3)10(16-11)6-7-12/h4-6,8H2,1-3H3. The van der Waals surface area contributed by atoms with Gasteiger partial charge in [0, 0.05) is 25.1 Å². The molecule has 0 amide bonds. The molecule has 0 aliphatic rings. The summed E-state index contributed by atoms with van der Waals surface area (Å²) in [5, 5.41) is 9.74. The Labute approximate surface area is 100 Å². The normalized spacial score (nSPS) is 10.1. The van der Waals surface area contributed by atoms with Crippen LogP contribution in [0.1, 0.15) is 24.4 Å². The van der Waals surface area contributed by atoms with Crippen LogP contribution >= 0.6 is 11.3 Å². The Balaban J connectivity index is 2.95. The van der Waals surface area contributed by atoms with Crippen molar-refractivity contribution in [2.45, 2.75) is 26.9 Å². The van der Waals surface area contributed by atoms with E-state index in [0.717, 1.165) is 28.8 Å². The molecule has 0 radical (unpaired) electrons. The number of nitrogens with zero attached hydrogens (tertiary/aromatic N) is 3. The molecule has 5 heteroatoms. The molecule has 0 saturated carbocycles. The second kappa shape index (κ2) is 6.46. The molecule has 0 aliphatic heterocycles. The van der Waals surface area contributed by atoms with Crippen molar-refractivity contribution >= 4 is 16.5 Å². The number of hydrogen-bond donors (Lipinski definition) is 0. The van der Waals surface area contributed by atoms with Crippen LogP contribution in [-0.4, -0.2) is 25.2 Å². The highest BCUT2D eigenvalue weighted by molar-refractivity contribution is 7.15. The van der Waals surface area contributed by atoms with Gasteiger partial charge in [-0.25, -0.2) is 4.98 Å². The first kappa shape index (κ1) is 12.9. The molecule has 0 spiro atoms. The van der Waals surface area contributed by atoms with Crippen LogP contribution in [-0.2, 0) is 17.8 Å². The Morgan fingerprint density at radius 3 is 2.62 bits per heavy atom. The van der Waals surface area contributed by atoms with E-state index in [2.05, 4.69) is 29.8 Å². The maximum absolute atomic E-state index is 8.75. The van der Waals surface area contributed by atoms with E-state index in [1.165, 1.54) is 0 Å². The Bertz CT molecular complexity index is 366. The van der Waals surface area contributed by atoms with Gasteiger partial charge in [0.05, 0.1) is 24.8 Å². The number of anilines is 1. The van der Waals surface area contributed by atoms with E-state index in [9.17, 15) is 0 Å². The van der Waals surface area contributed by atoms with Crippen molar-refractivity contribution in [1.82, 2.24) is 4.98 Å². The van der Waals surface area contributed by atoms with Gasteiger partial charge in [-0.2, -0.15) is 5.26 Å². The highest BCUT2D eigenvalue weighted by Gasteiger charge is 2.13. The topological polar surface area (TPSA) is 49.2 Å². The van der Waals surface area contributed by atoms with Gasteiger partial charge in [-0.05, 0) is 13.8 Å². The van der Waals surface area contributed by atoms with Crippen LogP contribution in [0.5, 0.6) is 0 Å². The van der Waals surface area contributed by atoms with Crippen molar-refractivity contribution in [1.29, 1.82) is 5.26 Å². The third kappa shape index (κ3) is 2.94. The minimum absolute atomic E-state index is 0.414. The van der Waals surface area contributed by atoms with Crippen LogP contribution in [0.15, 0.2) is 0 Å². The van der Waals surface area contributed by atoms with Crippen LogP contribution < -0.4 is 4.90 Å². The van der Waals surface area contributed by atoms with Gasteiger partial charge in [-0.15, -0.1) is 11.3 Å². The van der Waals surface area contributed by atoms with Gasteiger partial charge in [0.25, 0.3) is 0 Å². The number of hydrogen-bond acceptors (Lipinski definition) is 5. The third-order valence-corrected chi connectivity index (χ3v) is 3.48. The Hall–Kier alpha value is -1.12. The second-order valence-electron chi connectivity index (χ2n) is 3.31. The molecule has 0 bridgehead atoms. The largest absolute Gasteiger partial charge is 0.378 e. The molecule has 0 saturated heterocycles. The zero-order valence-electron chi connectivity index (χ0n) is 9.99. The number of rotatable bonds is 6. The zero-order chi connectivity index (χ0) is 12.0. The van der Waals surface area contributed by atoms with Crippen molar-refractivity contribution in [2.24, 2.45) is 0 Å². The fourth-order valence-electron chi connectivity index (χ4n) is 1.46. The molecule has 0 unspecified atom stereocenters. The first-order valence-corrected chi connectivity index (χ1v) is 6.17. The summed E-state index contributed by atoms with van der Waals surface area (Å²) in [4.78, 5) is 7.73. The lowest BCUT2D eigenvalue weighted by atomic mass is 10.3. The highest BCUT2D eigenvalue weighted by atomic mass is 32.1. The van der Waals surface area contributed by atoms with Crippen molar-refractivity contribution in [2.75, 3.05) is 25.1 Å². The Morgan fingerprint density at radius 1 is 1.44 bits per heavy atom. The number of ether oxygens (including phenoxy) is 1. The van der Waals surface area contributed by atoms with Gasteiger partial charge in [0.1, 0.15) is 0 Å². The second-order valence-corrected chi connectivity index (χ2v) is 4.37. The summed E-state index contributed by atoms with van der Waals surface area (Å²) in [5.41, 5.74) is 0.899. The van der Waals surface area contributed by atoms with Gasteiger partial charge in [0.2, 0.25) is 0 Å². The van der Waals surface area contributed by atoms with Crippen molar-refractivity contribution in [3.8, 4) is 6.07 Å². The molecule has 88 valence electrons. The predicted octanol–water partition coefficient (Wildman–Crippen LogP) is 2.20. The molecule has 4 nitrogen and oxygen atoms in total. The maximum Gasteiger partial charge on any atom is 0.185 e. The lowest BCUT2D eigenvalue weighted by Crippen LogP contribution is -2.21. The summed E-state index contributed by atoms with van der Waals surface area (Å²) in [5.74, 6) is 0. The molecule has 1 aromatic heterocycles. The molecular formula is C11H17N3OS. The molecule has 1 aromatic rings. The van der Waals surface area contributed by atoms with E-state index in [1.807, 2.05) is 0 Å². The summed E-state index contributed by atoms with van der Waals surface area (Å²) in [6, 6.07) is 2.17. The molecule has 0 aliphatic carbocycles. The molecule has 0 aromatic carbocycles. The number of thiazole rings is 1. The summed E-state index contributed by atoms with van der Waals surface area (Å²) in [6.07, 6.45) is 0.414. The van der Waals surface area contributed by atoms with Crippen molar-refractivity contribution < 1.29 is 4.74 Å². The minimum atomic E-state index is 0.414. The zero-order valence-corrected chi connectivity index (χ0v) is 10.8. The molecule has 0 atom stereocenters. The first-order valence-electron chi connectivity index (χ1n) is 5.36. The lowest BCUT2D eigenvalue weighted by molar-refractivity contribution is 0.181. The SMILES string of the molecule is CCN(CC)c1nc(COC)c(CC#N)s1. The average Bonchev–Trinajstić information content (AvgIpc) is 2.65. The lowest BCUT2D eigenvalue weighted by Gasteiger charge is -2.16. The van der Waals surface area contributed by atoms with E-state index < -0.39 is 0 Å². The van der Waals surface area contributed by atoms with Crippen LogP contribution in [0.2, 0.25) is 0 Å². The molecule has 1 heterocycles. The summed E-state index contributed by atoms with van der Waals surface area (Å²) < 4.78 is 5.09. The summed E-state index contributed by atoms with van der Waals surface area (Å²) in [6.45, 7) is 6.55. The predicted molar refractivity (Wildman–Crippen MR) is 65.7 cm³/mol. The summed E-state index contributed by atoms with van der Waals surface area (Å²) >= 11 is 1.59. The van der Waals surface area contributed by atoms with Crippen LogP contribution in [0.25, 0.3) is 0 Å². The smallest absolute Gasteiger partial charge is 0.185 e. The average molecular weight is 239 g/mol. The van der Waals surface area contributed by atoms with E-state index in [1.54, 1.807) is 18.4 Å². The van der Waals surface area contributed by atoms with E-state index in [0.29, 0.717) is 13.0 Å². The van der Waals surface area contributed by atoms with Crippen molar-refractivity contribution in [3.63, 3.8) is 0 Å². The minimum Gasteiger partial charge on any atom is -0.378 e. The van der Waals surface area contributed by atoms with Crippen LogP contribution in [0.4, 0.5) is 5.13 Å². The number of aromatic nitrogens is 1. The molecule has 16 heavy (non-hydrogen) atoms. The fourth-order valence-corrected chi connectivity index (χ4v) is 2.58. The monoisotopic (exact) mass is 239 g/mol. The molecular weight excluding hydrogens is 222 g/mol. The van der Waals surface area contributed by atoms with Gasteiger partial charge >= 0.3 is 0 Å². The van der Waals surface area contributed by atoms with Crippen molar-refractivity contribution in [3.05, 3.63) is 10.6 Å². The van der Waals surface area contributed by atoms with Gasteiger partial charge in [-0.1, -0.05) is 0 Å². The first-order chi connectivity index (χ1) is 7.76. The van der Waals surface area contributed by atoms with E-state index >= 15 is 0 Å². The maximum atomic E-state index is 8.75. The Kier molecular flexibility index (Phi) is 5.23. The third-order valence-electron chi connectivity index (χ3n) is 2.32. The van der Waals surface area contributed by atoms with Gasteiger partial charge in [0.15, 0.2) is 5.13 Å². The van der Waals surface area contributed by atoms with Gasteiger partial charge < -0.3 is 9.64 Å². The Morgan fingerprint density at radius 2 is 2.12 bits per heavy atom. The van der Waals surface area contributed by atoms with E-state index in [-0.39, 0.29) is 0 Å². The number of nitriles is 1. The summed E-state index contributed by atoms with van der Waals surface area (Å²) in [7, 11) is 1.65. The number of methoxy groups -OCH3 is 1. The fraction of sp³-hybridized carbons (Fsp3) is 0.636. The van der Waals surface area contributed by atoms with Gasteiger partial charge in [-0.3, -0.25) is 0 Å². The molecule has 1 rings (SSSR count).